The Hall–Kier alpha value is -1.75. The zero-order valence-corrected chi connectivity index (χ0v) is 12.6. The fourth-order valence-electron chi connectivity index (χ4n) is 2.69. The van der Waals surface area contributed by atoms with Gasteiger partial charge in [-0.3, -0.25) is 4.79 Å². The highest BCUT2D eigenvalue weighted by molar-refractivity contribution is 5.95. The molecule has 116 valence electrons. The molecular formula is C16H23NO4. The van der Waals surface area contributed by atoms with E-state index in [0.29, 0.717) is 23.6 Å². The van der Waals surface area contributed by atoms with E-state index in [1.54, 1.807) is 32.4 Å². The summed E-state index contributed by atoms with van der Waals surface area (Å²) in [6.07, 6.45) is 3.67. The number of amides is 1. The molecule has 1 fully saturated rings. The van der Waals surface area contributed by atoms with Gasteiger partial charge in [-0.15, -0.1) is 0 Å². The van der Waals surface area contributed by atoms with Gasteiger partial charge in [-0.05, 0) is 25.0 Å². The Labute approximate surface area is 125 Å². The van der Waals surface area contributed by atoms with E-state index in [-0.39, 0.29) is 17.9 Å². The Kier molecular flexibility index (Phi) is 5.44. The Balaban J connectivity index is 1.99. The number of benzene rings is 1. The van der Waals surface area contributed by atoms with Crippen LogP contribution < -0.4 is 14.8 Å². The lowest BCUT2D eigenvalue weighted by molar-refractivity contribution is 0.0662. The maximum absolute atomic E-state index is 12.2. The summed E-state index contributed by atoms with van der Waals surface area (Å²) >= 11 is 0. The van der Waals surface area contributed by atoms with Crippen LogP contribution in [0.5, 0.6) is 11.5 Å². The molecule has 0 heterocycles. The van der Waals surface area contributed by atoms with Crippen molar-refractivity contribution in [2.75, 3.05) is 20.8 Å². The molecule has 2 N–H and O–H groups in total. The molecule has 0 aromatic heterocycles. The minimum absolute atomic E-state index is 0.148. The predicted molar refractivity (Wildman–Crippen MR) is 79.8 cm³/mol. The first-order chi connectivity index (χ1) is 10.1. The van der Waals surface area contributed by atoms with E-state index in [0.717, 1.165) is 25.7 Å². The topological polar surface area (TPSA) is 67.8 Å². The average Bonchev–Trinajstić information content (AvgIpc) is 2.53. The SMILES string of the molecule is COc1cc(OC)cc(C(=O)NCC2CCCCC2O)c1. The lowest BCUT2D eigenvalue weighted by Crippen LogP contribution is -2.36. The lowest BCUT2D eigenvalue weighted by atomic mass is 9.86. The highest BCUT2D eigenvalue weighted by atomic mass is 16.5. The molecular weight excluding hydrogens is 270 g/mol. The van der Waals surface area contributed by atoms with Crippen LogP contribution in [0.1, 0.15) is 36.0 Å². The van der Waals surface area contributed by atoms with Gasteiger partial charge in [-0.25, -0.2) is 0 Å². The number of nitrogens with one attached hydrogen (secondary N) is 1. The molecule has 1 aliphatic rings. The van der Waals surface area contributed by atoms with E-state index in [2.05, 4.69) is 5.32 Å². The molecule has 0 radical (unpaired) electrons. The average molecular weight is 293 g/mol. The van der Waals surface area contributed by atoms with Crippen LogP contribution in [0.3, 0.4) is 0 Å². The van der Waals surface area contributed by atoms with Crippen LogP contribution >= 0.6 is 0 Å². The minimum atomic E-state index is -0.307. The van der Waals surface area contributed by atoms with Gasteiger partial charge in [0.1, 0.15) is 11.5 Å². The summed E-state index contributed by atoms with van der Waals surface area (Å²) in [6, 6.07) is 5.08. The third kappa shape index (κ3) is 4.11. The molecule has 21 heavy (non-hydrogen) atoms. The molecule has 1 amide bonds. The third-order valence-electron chi connectivity index (χ3n) is 4.01. The standard InChI is InChI=1S/C16H23NO4/c1-20-13-7-12(8-14(9-13)21-2)16(19)17-10-11-5-3-4-6-15(11)18/h7-9,11,15,18H,3-6,10H2,1-2H3,(H,17,19). The van der Waals surface area contributed by atoms with Gasteiger partial charge in [-0.1, -0.05) is 12.8 Å². The number of carbonyl (C=O) groups is 1. The zero-order chi connectivity index (χ0) is 15.2. The summed E-state index contributed by atoms with van der Waals surface area (Å²) in [5, 5.41) is 12.8. The molecule has 5 nitrogen and oxygen atoms in total. The van der Waals surface area contributed by atoms with Crippen LogP contribution in [0.25, 0.3) is 0 Å². The van der Waals surface area contributed by atoms with Gasteiger partial charge < -0.3 is 19.9 Å². The van der Waals surface area contributed by atoms with E-state index < -0.39 is 0 Å². The monoisotopic (exact) mass is 293 g/mol. The molecule has 1 saturated carbocycles. The van der Waals surface area contributed by atoms with Crippen molar-refractivity contribution in [2.45, 2.75) is 31.8 Å². The van der Waals surface area contributed by atoms with Crippen LogP contribution in [-0.2, 0) is 0 Å². The number of methoxy groups -OCH3 is 2. The molecule has 2 atom stereocenters. The fourth-order valence-corrected chi connectivity index (χ4v) is 2.69. The van der Waals surface area contributed by atoms with Gasteiger partial charge in [0, 0.05) is 24.1 Å². The highest BCUT2D eigenvalue weighted by Gasteiger charge is 2.23. The molecule has 0 saturated heterocycles. The molecule has 0 bridgehead atoms. The quantitative estimate of drug-likeness (QED) is 0.871. The number of hydrogen-bond acceptors (Lipinski definition) is 4. The molecule has 5 heteroatoms. The Morgan fingerprint density at radius 3 is 2.38 bits per heavy atom. The summed E-state index contributed by atoms with van der Waals surface area (Å²) < 4.78 is 10.3. The van der Waals surface area contributed by atoms with Gasteiger partial charge in [-0.2, -0.15) is 0 Å². The van der Waals surface area contributed by atoms with Crippen molar-refractivity contribution in [1.82, 2.24) is 5.32 Å². The molecule has 2 rings (SSSR count). The second-order valence-electron chi connectivity index (χ2n) is 5.42. The van der Waals surface area contributed by atoms with Crippen molar-refractivity contribution < 1.29 is 19.4 Å². The fraction of sp³-hybridized carbons (Fsp3) is 0.562. The minimum Gasteiger partial charge on any atom is -0.497 e. The van der Waals surface area contributed by atoms with E-state index in [4.69, 9.17) is 9.47 Å². The van der Waals surface area contributed by atoms with Gasteiger partial charge in [0.05, 0.1) is 20.3 Å². The Bertz CT molecular complexity index is 467. The van der Waals surface area contributed by atoms with E-state index in [1.165, 1.54) is 0 Å². The first-order valence-electron chi connectivity index (χ1n) is 7.33. The highest BCUT2D eigenvalue weighted by Crippen LogP contribution is 2.25. The number of aliphatic hydroxyl groups is 1. The van der Waals surface area contributed by atoms with Crippen molar-refractivity contribution in [3.8, 4) is 11.5 Å². The molecule has 2 unspecified atom stereocenters. The zero-order valence-electron chi connectivity index (χ0n) is 12.6. The summed E-state index contributed by atoms with van der Waals surface area (Å²) in [4.78, 5) is 12.2. The van der Waals surface area contributed by atoms with Gasteiger partial charge >= 0.3 is 0 Å². The lowest BCUT2D eigenvalue weighted by Gasteiger charge is -2.27. The number of hydrogen-bond donors (Lipinski definition) is 2. The predicted octanol–water partition coefficient (Wildman–Crippen LogP) is 1.98. The van der Waals surface area contributed by atoms with Crippen molar-refractivity contribution in [3.05, 3.63) is 23.8 Å². The number of rotatable bonds is 5. The Morgan fingerprint density at radius 2 is 1.81 bits per heavy atom. The van der Waals surface area contributed by atoms with Gasteiger partial charge in [0.25, 0.3) is 5.91 Å². The van der Waals surface area contributed by atoms with Gasteiger partial charge in [0.15, 0.2) is 0 Å². The summed E-state index contributed by atoms with van der Waals surface area (Å²) in [6.45, 7) is 0.500. The van der Waals surface area contributed by atoms with Crippen molar-refractivity contribution in [1.29, 1.82) is 0 Å². The maximum Gasteiger partial charge on any atom is 0.251 e. The van der Waals surface area contributed by atoms with Crippen LogP contribution in [0, 0.1) is 5.92 Å². The second-order valence-corrected chi connectivity index (χ2v) is 5.42. The van der Waals surface area contributed by atoms with Crippen LogP contribution in [-0.4, -0.2) is 37.9 Å². The van der Waals surface area contributed by atoms with Crippen LogP contribution in [0.4, 0.5) is 0 Å². The second kappa shape index (κ2) is 7.31. The van der Waals surface area contributed by atoms with Gasteiger partial charge in [0.2, 0.25) is 0 Å². The van der Waals surface area contributed by atoms with E-state index in [1.807, 2.05) is 0 Å². The number of ether oxygens (including phenoxy) is 2. The first kappa shape index (κ1) is 15.6. The normalized spacial score (nSPS) is 21.7. The number of carbonyl (C=O) groups excluding carboxylic acids is 1. The Morgan fingerprint density at radius 1 is 1.19 bits per heavy atom. The molecule has 0 spiro atoms. The molecule has 1 aliphatic carbocycles. The summed E-state index contributed by atoms with van der Waals surface area (Å²) in [5.74, 6) is 1.13. The van der Waals surface area contributed by atoms with Crippen molar-refractivity contribution in [2.24, 2.45) is 5.92 Å². The summed E-state index contributed by atoms with van der Waals surface area (Å²) in [5.41, 5.74) is 0.497. The third-order valence-corrected chi connectivity index (χ3v) is 4.01. The van der Waals surface area contributed by atoms with Crippen LogP contribution in [0.2, 0.25) is 0 Å². The molecule has 1 aromatic carbocycles. The van der Waals surface area contributed by atoms with E-state index >= 15 is 0 Å². The van der Waals surface area contributed by atoms with E-state index in [9.17, 15) is 9.90 Å². The summed E-state index contributed by atoms with van der Waals surface area (Å²) in [7, 11) is 3.10. The molecule has 1 aromatic rings. The van der Waals surface area contributed by atoms with Crippen LogP contribution in [0.15, 0.2) is 18.2 Å². The van der Waals surface area contributed by atoms with Crippen molar-refractivity contribution in [3.63, 3.8) is 0 Å². The maximum atomic E-state index is 12.2. The smallest absolute Gasteiger partial charge is 0.251 e. The first-order valence-corrected chi connectivity index (χ1v) is 7.33. The largest absolute Gasteiger partial charge is 0.497 e. The number of aliphatic hydroxyl groups excluding tert-OH is 1. The van der Waals surface area contributed by atoms with Crippen molar-refractivity contribution >= 4 is 5.91 Å². The molecule has 0 aliphatic heterocycles.